The first-order valence-electron chi connectivity index (χ1n) is 3.65. The van der Waals surface area contributed by atoms with Crippen LogP contribution in [0.1, 0.15) is 26.2 Å². The molecule has 0 saturated carbocycles. The Bertz CT molecular complexity index is 200. The predicted octanol–water partition coefficient (Wildman–Crippen LogP) is 2.04. The summed E-state index contributed by atoms with van der Waals surface area (Å²) in [5.74, 6) is 2.46. The number of nitrogens with two attached hydrogens (primary N) is 1. The molecule has 2 N–H and O–H groups in total. The predicted molar refractivity (Wildman–Crippen MR) is 55.8 cm³/mol. The van der Waals surface area contributed by atoms with Gasteiger partial charge in [0.25, 0.3) is 0 Å². The number of alkyl halides is 1. The van der Waals surface area contributed by atoms with E-state index in [4.69, 9.17) is 16.9 Å². The molecule has 0 aliphatic carbocycles. The summed E-state index contributed by atoms with van der Waals surface area (Å²) in [5.41, 5.74) is 4.90. The molecule has 1 amide bonds. The Morgan fingerprint density at radius 1 is 1.83 bits per heavy atom. The van der Waals surface area contributed by atoms with Crippen LogP contribution in [0.4, 0.5) is 4.79 Å². The molecule has 0 rings (SSSR count). The number of carbonyl (C=O) groups excluding carboxylic acids is 1. The van der Waals surface area contributed by atoms with Crippen molar-refractivity contribution in [3.05, 3.63) is 0 Å². The highest BCUT2D eigenvalue weighted by Gasteiger charge is 2.27. The Labute approximate surface area is 86.2 Å². The van der Waals surface area contributed by atoms with E-state index in [1.54, 1.807) is 0 Å². The molecule has 0 radical (unpaired) electrons. The summed E-state index contributed by atoms with van der Waals surface area (Å²) in [6.07, 6.45) is 6.38. The Morgan fingerprint density at radius 3 is 2.75 bits per heavy atom. The molecule has 0 aliphatic heterocycles. The molecule has 4 heteroatoms. The third kappa shape index (κ3) is 4.44. The number of rotatable bonds is 4. The van der Waals surface area contributed by atoms with Gasteiger partial charge in [-0.3, -0.25) is 0 Å². The van der Waals surface area contributed by atoms with Crippen LogP contribution in [0.3, 0.4) is 0 Å². The molecule has 0 aliphatic rings. The number of carbonyl (C=O) groups is 1. The number of ether oxygens (including phenoxy) is 1. The molecule has 1 unspecified atom stereocenters. The van der Waals surface area contributed by atoms with Gasteiger partial charge in [0.05, 0.1) is 6.42 Å². The van der Waals surface area contributed by atoms with E-state index in [9.17, 15) is 4.79 Å². The highest BCUT2D eigenvalue weighted by atomic mass is 127. The monoisotopic (exact) mass is 281 g/mol. The molecule has 0 aromatic carbocycles. The van der Waals surface area contributed by atoms with Crippen molar-refractivity contribution in [3.63, 3.8) is 0 Å². The summed E-state index contributed by atoms with van der Waals surface area (Å²) < 4.78 is 4.28. The zero-order valence-corrected chi connectivity index (χ0v) is 9.13. The molecule has 0 bridgehead atoms. The normalized spacial score (nSPS) is 14.4. The lowest BCUT2D eigenvalue weighted by Gasteiger charge is -2.23. The van der Waals surface area contributed by atoms with Crippen molar-refractivity contribution in [1.29, 1.82) is 0 Å². The van der Waals surface area contributed by atoms with Crippen LogP contribution in [0.2, 0.25) is 0 Å². The summed E-state index contributed by atoms with van der Waals surface area (Å²) in [6.45, 7) is 1.99. The number of primary amides is 1. The lowest BCUT2D eigenvalue weighted by Crippen LogP contribution is -2.30. The van der Waals surface area contributed by atoms with Crippen LogP contribution in [0.25, 0.3) is 0 Å². The summed E-state index contributed by atoms with van der Waals surface area (Å²) >= 11 is 2.02. The minimum atomic E-state index is -0.770. The van der Waals surface area contributed by atoms with E-state index in [1.165, 1.54) is 0 Å². The van der Waals surface area contributed by atoms with Crippen molar-refractivity contribution in [2.75, 3.05) is 0 Å². The van der Waals surface area contributed by atoms with Crippen LogP contribution >= 0.6 is 22.6 Å². The molecule has 1 atom stereocenters. The van der Waals surface area contributed by atoms with E-state index in [-0.39, 0.29) is 0 Å². The molecule has 0 aromatic heterocycles. The van der Waals surface area contributed by atoms with Gasteiger partial charge >= 0.3 is 6.09 Å². The summed E-state index contributed by atoms with van der Waals surface area (Å²) in [4.78, 5) is 10.5. The van der Waals surface area contributed by atoms with Crippen molar-refractivity contribution in [1.82, 2.24) is 0 Å². The van der Waals surface area contributed by atoms with E-state index in [0.717, 1.165) is 12.8 Å². The maximum Gasteiger partial charge on any atom is 0.405 e. The van der Waals surface area contributed by atoms with Crippen LogP contribution in [0.15, 0.2) is 0 Å². The summed E-state index contributed by atoms with van der Waals surface area (Å²) in [7, 11) is 0. The highest BCUT2D eigenvalue weighted by molar-refractivity contribution is 14.1. The highest BCUT2D eigenvalue weighted by Crippen LogP contribution is 2.29. The van der Waals surface area contributed by atoms with Gasteiger partial charge in [-0.05, 0) is 29.0 Å². The Hall–Kier alpha value is -0.440. The second-order valence-corrected chi connectivity index (χ2v) is 4.40. The molecule has 68 valence electrons. The Kier molecular flexibility index (Phi) is 5.06. The zero-order chi connectivity index (χ0) is 9.61. The van der Waals surface area contributed by atoms with E-state index in [1.807, 2.05) is 29.5 Å². The van der Waals surface area contributed by atoms with Gasteiger partial charge in [0, 0.05) is 0 Å². The zero-order valence-electron chi connectivity index (χ0n) is 6.97. The molecule has 12 heavy (non-hydrogen) atoms. The van der Waals surface area contributed by atoms with Gasteiger partial charge in [0.2, 0.25) is 0 Å². The topological polar surface area (TPSA) is 52.3 Å². The van der Waals surface area contributed by atoms with Crippen molar-refractivity contribution < 1.29 is 9.53 Å². The van der Waals surface area contributed by atoms with Gasteiger partial charge in [-0.1, -0.05) is 13.3 Å². The van der Waals surface area contributed by atoms with Crippen molar-refractivity contribution in [2.45, 2.75) is 29.8 Å². The first kappa shape index (κ1) is 11.6. The fraction of sp³-hybridized carbons (Fsp3) is 0.625. The van der Waals surface area contributed by atoms with Crippen molar-refractivity contribution >= 4 is 28.7 Å². The number of hydrogen-bond acceptors (Lipinski definition) is 2. The van der Waals surface area contributed by atoms with Gasteiger partial charge in [0.15, 0.2) is 3.61 Å². The van der Waals surface area contributed by atoms with Crippen molar-refractivity contribution in [2.24, 2.45) is 5.73 Å². The summed E-state index contributed by atoms with van der Waals surface area (Å²) in [6, 6.07) is 0. The van der Waals surface area contributed by atoms with Crippen LogP contribution in [0.5, 0.6) is 0 Å². The fourth-order valence-corrected chi connectivity index (χ4v) is 1.86. The molecule has 3 nitrogen and oxygen atoms in total. The Balaban J connectivity index is 4.19. The second kappa shape index (κ2) is 5.25. The Morgan fingerprint density at radius 2 is 2.42 bits per heavy atom. The van der Waals surface area contributed by atoms with Gasteiger partial charge in [-0.2, -0.15) is 0 Å². The molecule has 0 fully saturated rings. The number of terminal acetylenes is 1. The fourth-order valence-electron chi connectivity index (χ4n) is 0.882. The van der Waals surface area contributed by atoms with E-state index >= 15 is 0 Å². The average Bonchev–Trinajstić information content (AvgIpc) is 1.85. The van der Waals surface area contributed by atoms with E-state index in [2.05, 4.69) is 5.92 Å². The number of halogens is 1. The standard InChI is InChI=1S/C8H12INO2/c1-3-5-8(9,6-4-2)12-7(10)11/h1H,4-6H2,2H3,(H2,10,11). The van der Waals surface area contributed by atoms with Gasteiger partial charge in [0.1, 0.15) is 0 Å². The largest absolute Gasteiger partial charge is 0.431 e. The van der Waals surface area contributed by atoms with Gasteiger partial charge in [-0.15, -0.1) is 12.3 Å². The molecule has 0 aromatic rings. The number of hydrogen-bond donors (Lipinski definition) is 1. The van der Waals surface area contributed by atoms with Crippen LogP contribution in [0, 0.1) is 12.3 Å². The maximum absolute atomic E-state index is 10.5. The minimum absolute atomic E-state index is 0.393. The smallest absolute Gasteiger partial charge is 0.405 e. The average molecular weight is 281 g/mol. The van der Waals surface area contributed by atoms with Gasteiger partial charge in [-0.25, -0.2) is 4.79 Å². The second-order valence-electron chi connectivity index (χ2n) is 2.44. The lowest BCUT2D eigenvalue weighted by molar-refractivity contribution is 0.0926. The van der Waals surface area contributed by atoms with Gasteiger partial charge < -0.3 is 10.5 Å². The molecule has 0 saturated heterocycles. The van der Waals surface area contributed by atoms with Crippen LogP contribution in [-0.2, 0) is 4.74 Å². The summed E-state index contributed by atoms with van der Waals surface area (Å²) in [5, 5.41) is 0. The van der Waals surface area contributed by atoms with E-state index < -0.39 is 9.70 Å². The maximum atomic E-state index is 10.5. The molecule has 0 spiro atoms. The molecule has 0 heterocycles. The van der Waals surface area contributed by atoms with E-state index in [0.29, 0.717) is 6.42 Å². The third-order valence-corrected chi connectivity index (χ3v) is 2.41. The van der Waals surface area contributed by atoms with Crippen molar-refractivity contribution in [3.8, 4) is 12.3 Å². The quantitative estimate of drug-likeness (QED) is 0.487. The first-order valence-corrected chi connectivity index (χ1v) is 4.73. The SMILES string of the molecule is C#CCC(I)(CCC)OC(N)=O. The molecular weight excluding hydrogens is 269 g/mol. The molecular formula is C8H12INO2. The number of amides is 1. The van der Waals surface area contributed by atoms with Crippen LogP contribution < -0.4 is 5.73 Å². The minimum Gasteiger partial charge on any atom is -0.431 e. The third-order valence-electron chi connectivity index (χ3n) is 1.27. The van der Waals surface area contributed by atoms with Crippen LogP contribution in [-0.4, -0.2) is 9.70 Å². The first-order chi connectivity index (χ1) is 5.54. The lowest BCUT2D eigenvalue weighted by atomic mass is 10.1.